The molecule has 172 valence electrons. The maximum atomic E-state index is 10.2. The van der Waals surface area contributed by atoms with Gasteiger partial charge in [-0.15, -0.1) is 0 Å². The van der Waals surface area contributed by atoms with Crippen LogP contribution in [0.15, 0.2) is 47.1 Å². The molecule has 7 atom stereocenters. The van der Waals surface area contributed by atoms with E-state index < -0.39 is 0 Å². The summed E-state index contributed by atoms with van der Waals surface area (Å²) in [7, 11) is 0. The number of benzene rings is 1. The van der Waals surface area contributed by atoms with Crippen molar-refractivity contribution in [3.05, 3.63) is 52.6 Å². The van der Waals surface area contributed by atoms with Crippen molar-refractivity contribution in [1.82, 2.24) is 0 Å². The zero-order valence-electron chi connectivity index (χ0n) is 19.3. The molecule has 0 spiro atoms. The lowest BCUT2D eigenvalue weighted by Crippen LogP contribution is -2.51. The summed E-state index contributed by atoms with van der Waals surface area (Å²) in [6, 6.07) is 7.76. The highest BCUT2D eigenvalue weighted by molar-refractivity contribution is 6.30. The molecule has 4 aliphatic carbocycles. The molecule has 3 nitrogen and oxygen atoms in total. The van der Waals surface area contributed by atoms with E-state index in [0.29, 0.717) is 17.8 Å². The van der Waals surface area contributed by atoms with E-state index in [0.717, 1.165) is 54.3 Å². The smallest absolute Gasteiger partial charge is 0.0832 e. The van der Waals surface area contributed by atoms with E-state index in [-0.39, 0.29) is 16.9 Å². The average molecular weight is 454 g/mol. The molecule has 1 aromatic carbocycles. The van der Waals surface area contributed by atoms with Gasteiger partial charge in [0.1, 0.15) is 0 Å². The summed E-state index contributed by atoms with van der Waals surface area (Å²) in [5.41, 5.74) is 3.87. The fourth-order valence-electron chi connectivity index (χ4n) is 8.10. The number of oxime groups is 1. The molecule has 0 bridgehead atoms. The Morgan fingerprint density at radius 3 is 2.59 bits per heavy atom. The van der Waals surface area contributed by atoms with Gasteiger partial charge in [-0.3, -0.25) is 0 Å². The number of allylic oxidation sites excluding steroid dienone is 2. The predicted molar refractivity (Wildman–Crippen MR) is 131 cm³/mol. The Labute approximate surface area is 197 Å². The van der Waals surface area contributed by atoms with Crippen LogP contribution in [-0.4, -0.2) is 22.1 Å². The molecule has 3 fully saturated rings. The number of nitrogens with zero attached hydrogens (tertiary/aromatic N) is 1. The van der Waals surface area contributed by atoms with Crippen LogP contribution < -0.4 is 0 Å². The highest BCUT2D eigenvalue weighted by atomic mass is 35.5. The predicted octanol–water partition coefficient (Wildman–Crippen LogP) is 7.12. The van der Waals surface area contributed by atoms with Crippen LogP contribution in [0.5, 0.6) is 0 Å². The van der Waals surface area contributed by atoms with Crippen molar-refractivity contribution in [3.8, 4) is 0 Å². The van der Waals surface area contributed by atoms with Crippen molar-refractivity contribution in [2.24, 2.45) is 39.7 Å². The van der Waals surface area contributed by atoms with E-state index in [2.05, 4.69) is 25.1 Å². The Balaban J connectivity index is 1.38. The van der Waals surface area contributed by atoms with Gasteiger partial charge in [0.25, 0.3) is 0 Å². The van der Waals surface area contributed by atoms with Crippen LogP contribution in [0.3, 0.4) is 0 Å². The van der Waals surface area contributed by atoms with Gasteiger partial charge in [0, 0.05) is 10.9 Å². The summed E-state index contributed by atoms with van der Waals surface area (Å²) in [6.07, 6.45) is 15.3. The van der Waals surface area contributed by atoms with Gasteiger partial charge < -0.3 is 10.3 Å². The van der Waals surface area contributed by atoms with Crippen molar-refractivity contribution in [3.63, 3.8) is 0 Å². The summed E-state index contributed by atoms with van der Waals surface area (Å²) in [5, 5.41) is 24.7. The average Bonchev–Trinajstić information content (AvgIpc) is 3.13. The molecule has 4 aliphatic rings. The number of halogens is 1. The first kappa shape index (κ1) is 22.2. The molecule has 5 rings (SSSR count). The minimum absolute atomic E-state index is 0.147. The lowest BCUT2D eigenvalue weighted by Gasteiger charge is -2.58. The first-order valence-electron chi connectivity index (χ1n) is 12.4. The quantitative estimate of drug-likeness (QED) is 0.221. The van der Waals surface area contributed by atoms with E-state index >= 15 is 0 Å². The third-order valence-corrected chi connectivity index (χ3v) is 10.1. The molecule has 2 N–H and O–H groups in total. The van der Waals surface area contributed by atoms with E-state index in [9.17, 15) is 10.3 Å². The third-order valence-electron chi connectivity index (χ3n) is 9.87. The first-order valence-corrected chi connectivity index (χ1v) is 12.8. The molecule has 0 unspecified atom stereocenters. The van der Waals surface area contributed by atoms with Crippen LogP contribution in [0.25, 0.3) is 6.08 Å². The summed E-state index contributed by atoms with van der Waals surface area (Å²) in [5.74, 6) is 2.41. The van der Waals surface area contributed by atoms with Gasteiger partial charge >= 0.3 is 0 Å². The van der Waals surface area contributed by atoms with Crippen LogP contribution in [0.1, 0.15) is 70.8 Å². The third kappa shape index (κ3) is 3.56. The second-order valence-electron chi connectivity index (χ2n) is 11.2. The summed E-state index contributed by atoms with van der Waals surface area (Å²) >= 11 is 6.01. The lowest BCUT2D eigenvalue weighted by atomic mass is 9.47. The van der Waals surface area contributed by atoms with Crippen LogP contribution in [0.2, 0.25) is 5.02 Å². The highest BCUT2D eigenvalue weighted by Crippen LogP contribution is 2.66. The van der Waals surface area contributed by atoms with Gasteiger partial charge in [0.05, 0.1) is 11.8 Å². The summed E-state index contributed by atoms with van der Waals surface area (Å²) in [4.78, 5) is 0. The Morgan fingerprint density at radius 1 is 1.06 bits per heavy atom. The minimum atomic E-state index is -0.147. The summed E-state index contributed by atoms with van der Waals surface area (Å²) < 4.78 is 0. The monoisotopic (exact) mass is 453 g/mol. The van der Waals surface area contributed by atoms with E-state index in [4.69, 9.17) is 11.6 Å². The molecule has 1 aromatic rings. The van der Waals surface area contributed by atoms with Gasteiger partial charge in [-0.2, -0.15) is 0 Å². The number of rotatable bonds is 3. The molecule has 32 heavy (non-hydrogen) atoms. The molecule has 0 heterocycles. The molecule has 0 saturated heterocycles. The number of aliphatic hydroxyl groups excluding tert-OH is 1. The second-order valence-corrected chi connectivity index (χ2v) is 11.7. The van der Waals surface area contributed by atoms with E-state index in [1.165, 1.54) is 24.8 Å². The fourth-order valence-corrected chi connectivity index (χ4v) is 8.23. The van der Waals surface area contributed by atoms with Crippen molar-refractivity contribution in [1.29, 1.82) is 0 Å². The molecule has 0 amide bonds. The molecule has 0 aromatic heterocycles. The van der Waals surface area contributed by atoms with Gasteiger partial charge in [-0.25, -0.2) is 0 Å². The zero-order chi connectivity index (χ0) is 22.5. The Bertz CT molecular complexity index is 951. The largest absolute Gasteiger partial charge is 0.411 e. The standard InChI is InChI=1S/C28H36ClNO2/c1-27-15-13-21(31)17-19(27)6-9-22-23-10-11-25(28(23,2)16-14-24(22)27)26(30-32)12-5-18-3-7-20(29)8-4-18/h3-8,12,21-25,31-32H,9-11,13-17H2,1-2H3/b12-5+,30-26+/t21-,22-,23-,24-,25+,27-,28-/m0/s1. The fraction of sp³-hybridized carbons (Fsp3) is 0.607. The molecule has 0 radical (unpaired) electrons. The van der Waals surface area contributed by atoms with Crippen LogP contribution in [-0.2, 0) is 0 Å². The zero-order valence-corrected chi connectivity index (χ0v) is 20.1. The molecular formula is C28H36ClNO2. The van der Waals surface area contributed by atoms with Crippen LogP contribution in [0.4, 0.5) is 0 Å². The normalized spacial score (nSPS) is 41.7. The van der Waals surface area contributed by atoms with Crippen LogP contribution in [0, 0.1) is 34.5 Å². The maximum Gasteiger partial charge on any atom is 0.0832 e. The molecule has 0 aliphatic heterocycles. The van der Waals surface area contributed by atoms with Gasteiger partial charge in [-0.05, 0) is 104 Å². The van der Waals surface area contributed by atoms with Gasteiger partial charge in [0.2, 0.25) is 0 Å². The topological polar surface area (TPSA) is 52.8 Å². The van der Waals surface area contributed by atoms with Crippen molar-refractivity contribution in [2.75, 3.05) is 0 Å². The molecule has 3 saturated carbocycles. The SMILES string of the molecule is C[C@]12CC[C@H]3[C@@H](CC=C4C[C@@H](O)CC[C@@]43C)[C@@H]1CC[C@@H]2C(/C=C/c1ccc(Cl)cc1)=N/O. The lowest BCUT2D eigenvalue weighted by molar-refractivity contribution is -0.0424. The van der Waals surface area contributed by atoms with Gasteiger partial charge in [-0.1, -0.05) is 60.5 Å². The number of aliphatic hydroxyl groups is 1. The summed E-state index contributed by atoms with van der Waals surface area (Å²) in [6.45, 7) is 4.94. The van der Waals surface area contributed by atoms with Crippen LogP contribution >= 0.6 is 11.6 Å². The Hall–Kier alpha value is -1.58. The number of hydrogen-bond donors (Lipinski definition) is 2. The highest BCUT2D eigenvalue weighted by Gasteiger charge is 2.59. The minimum Gasteiger partial charge on any atom is -0.411 e. The molecular weight excluding hydrogens is 418 g/mol. The molecule has 4 heteroatoms. The van der Waals surface area contributed by atoms with Crippen molar-refractivity contribution >= 4 is 23.4 Å². The van der Waals surface area contributed by atoms with Crippen molar-refractivity contribution < 1.29 is 10.3 Å². The number of fused-ring (bicyclic) bond motifs is 5. The maximum absolute atomic E-state index is 10.2. The van der Waals surface area contributed by atoms with E-state index in [1.54, 1.807) is 0 Å². The van der Waals surface area contributed by atoms with Crippen molar-refractivity contribution in [2.45, 2.75) is 71.3 Å². The van der Waals surface area contributed by atoms with E-state index in [1.807, 2.05) is 36.4 Å². The second kappa shape index (κ2) is 8.33. The Kier molecular flexibility index (Phi) is 5.78. The van der Waals surface area contributed by atoms with Gasteiger partial charge in [0.15, 0.2) is 0 Å². The first-order chi connectivity index (χ1) is 15.3. The number of hydrogen-bond acceptors (Lipinski definition) is 3. The Morgan fingerprint density at radius 2 is 1.84 bits per heavy atom.